The minimum Gasteiger partial charge on any atom is -0.444 e. The molecule has 0 aromatic heterocycles. The number of nitrogens with zero attached hydrogens (tertiary/aromatic N) is 2. The Labute approximate surface area is 141 Å². The van der Waals surface area contributed by atoms with Crippen LogP contribution in [0.2, 0.25) is 0 Å². The average Bonchev–Trinajstić information content (AvgIpc) is 2.15. The molecule has 0 aromatic carbocycles. The summed E-state index contributed by atoms with van der Waals surface area (Å²) in [6.07, 6.45) is -0.296. The van der Waals surface area contributed by atoms with E-state index in [4.69, 9.17) is 4.74 Å². The van der Waals surface area contributed by atoms with Gasteiger partial charge in [-0.3, -0.25) is 4.79 Å². The van der Waals surface area contributed by atoms with Crippen LogP contribution in [0, 0.1) is 7.43 Å². The Morgan fingerprint density at radius 3 is 1.68 bits per heavy atom. The first-order valence-corrected chi connectivity index (χ1v) is 5.53. The zero-order valence-corrected chi connectivity index (χ0v) is 15.4. The predicted molar refractivity (Wildman–Crippen MR) is 70.1 cm³/mol. The van der Waals surface area contributed by atoms with Gasteiger partial charge in [-0.2, -0.15) is 0 Å². The van der Waals surface area contributed by atoms with Crippen LogP contribution in [0.1, 0.15) is 27.7 Å². The maximum absolute atomic E-state index is 11.7. The Kier molecular flexibility index (Phi) is 12.1. The fourth-order valence-electron chi connectivity index (χ4n) is 1.53. The molecule has 1 radical (unpaired) electrons. The van der Waals surface area contributed by atoms with Crippen LogP contribution >= 0.6 is 0 Å². The fourth-order valence-corrected chi connectivity index (χ4v) is 1.53. The number of carbonyl (C=O) groups is 2. The smallest absolute Gasteiger partial charge is 0.410 e. The van der Waals surface area contributed by atoms with Crippen molar-refractivity contribution in [2.75, 3.05) is 26.2 Å². The van der Waals surface area contributed by atoms with E-state index in [-0.39, 0.29) is 57.6 Å². The molecule has 1 aliphatic rings. The summed E-state index contributed by atoms with van der Waals surface area (Å²) in [6.45, 7) is 9.36. The third-order valence-electron chi connectivity index (χ3n) is 2.38. The topological polar surface area (TPSA) is 81.4 Å². The maximum Gasteiger partial charge on any atom is 0.410 e. The predicted octanol–water partition coefficient (Wildman–Crippen LogP) is 0.709. The third kappa shape index (κ3) is 8.55. The summed E-state index contributed by atoms with van der Waals surface area (Å²) in [5, 5.41) is 0. The van der Waals surface area contributed by atoms with Crippen molar-refractivity contribution in [1.82, 2.24) is 9.80 Å². The molecule has 1 fully saturated rings. The van der Waals surface area contributed by atoms with Crippen LogP contribution in [0.15, 0.2) is 0 Å². The van der Waals surface area contributed by atoms with Gasteiger partial charge in [0.05, 0.1) is 0 Å². The van der Waals surface area contributed by atoms with E-state index in [1.54, 1.807) is 16.7 Å². The number of hydrogen-bond donors (Lipinski definition) is 0. The van der Waals surface area contributed by atoms with Gasteiger partial charge in [-0.05, 0) is 20.8 Å². The number of piperazine rings is 1. The molecule has 6 nitrogen and oxygen atoms in total. The fraction of sp³-hybridized carbons (Fsp3) is 0.750. The van der Waals surface area contributed by atoms with Crippen molar-refractivity contribution in [2.24, 2.45) is 0 Å². The molecule has 2 amide bonds. The van der Waals surface area contributed by atoms with E-state index in [0.717, 1.165) is 0 Å². The van der Waals surface area contributed by atoms with E-state index in [0.29, 0.717) is 26.2 Å². The average molecular weight is 350 g/mol. The summed E-state index contributed by atoms with van der Waals surface area (Å²) >= 11 is 0. The van der Waals surface area contributed by atoms with Gasteiger partial charge in [0.2, 0.25) is 5.91 Å². The molecule has 0 aromatic rings. The minimum absolute atomic E-state index is 0. The molecule has 0 atom stereocenters. The Balaban J connectivity index is -0.000000853. The van der Waals surface area contributed by atoms with Gasteiger partial charge in [-0.25, -0.2) is 4.79 Å². The van der Waals surface area contributed by atoms with Crippen molar-refractivity contribution in [3.05, 3.63) is 7.43 Å². The normalized spacial score (nSPS) is 14.5. The van der Waals surface area contributed by atoms with Crippen LogP contribution in [-0.2, 0) is 42.2 Å². The number of carbonyl (C=O) groups excluding carboxylic acids is 2. The largest absolute Gasteiger partial charge is 0.444 e. The zero-order chi connectivity index (χ0) is 12.3. The van der Waals surface area contributed by atoms with Crippen molar-refractivity contribution >= 4 is 12.0 Å². The first-order chi connectivity index (χ1) is 7.29. The van der Waals surface area contributed by atoms with Crippen molar-refractivity contribution in [3.63, 3.8) is 0 Å². The molecule has 0 spiro atoms. The molecule has 111 valence electrons. The molecule has 19 heavy (non-hydrogen) atoms. The summed E-state index contributed by atoms with van der Waals surface area (Å²) in [7, 11) is 0. The standard InChI is InChI=1S/C11H20N2O3.CH3.H2O.Y/c1-9(14)12-5-7-13(8-6-12)10(15)16-11(2,3)4;;;/h5-8H2,1-4H3;1H3;1H2;/q;-1;;. The van der Waals surface area contributed by atoms with Gasteiger partial charge in [0, 0.05) is 65.8 Å². The molecule has 0 bridgehead atoms. The molecule has 1 heterocycles. The van der Waals surface area contributed by atoms with E-state index in [2.05, 4.69) is 0 Å². The summed E-state index contributed by atoms with van der Waals surface area (Å²) in [4.78, 5) is 26.2. The monoisotopic (exact) mass is 350 g/mol. The summed E-state index contributed by atoms with van der Waals surface area (Å²) in [5.41, 5.74) is -0.463. The molecule has 0 aliphatic carbocycles. The second kappa shape index (κ2) is 9.67. The summed E-state index contributed by atoms with van der Waals surface area (Å²) in [5.74, 6) is 0.0591. The number of amides is 2. The van der Waals surface area contributed by atoms with Crippen LogP contribution < -0.4 is 0 Å². The molecular formula is C12H25N2O4Y-. The van der Waals surface area contributed by atoms with Crippen molar-refractivity contribution in [3.8, 4) is 0 Å². The van der Waals surface area contributed by atoms with Gasteiger partial charge < -0.3 is 27.4 Å². The molecule has 0 unspecified atom stereocenters. The number of ether oxygens (including phenoxy) is 1. The first-order valence-electron chi connectivity index (χ1n) is 5.53. The van der Waals surface area contributed by atoms with Crippen LogP contribution in [0.4, 0.5) is 4.79 Å². The molecule has 1 aliphatic heterocycles. The van der Waals surface area contributed by atoms with Crippen molar-refractivity contribution in [2.45, 2.75) is 33.3 Å². The van der Waals surface area contributed by atoms with Gasteiger partial charge in [0.15, 0.2) is 0 Å². The number of rotatable bonds is 0. The van der Waals surface area contributed by atoms with Crippen LogP contribution in [0.5, 0.6) is 0 Å². The maximum atomic E-state index is 11.7. The molecular weight excluding hydrogens is 325 g/mol. The molecule has 2 N–H and O–H groups in total. The Morgan fingerprint density at radius 2 is 1.37 bits per heavy atom. The van der Waals surface area contributed by atoms with E-state index in [1.807, 2.05) is 20.8 Å². The van der Waals surface area contributed by atoms with Gasteiger partial charge in [0.25, 0.3) is 0 Å². The summed E-state index contributed by atoms with van der Waals surface area (Å²) < 4.78 is 5.26. The van der Waals surface area contributed by atoms with E-state index < -0.39 is 5.60 Å². The van der Waals surface area contributed by atoms with Gasteiger partial charge in [-0.15, -0.1) is 0 Å². The van der Waals surface area contributed by atoms with E-state index in [9.17, 15) is 9.59 Å². The first kappa shape index (κ1) is 23.9. The van der Waals surface area contributed by atoms with Crippen molar-refractivity contribution in [1.29, 1.82) is 0 Å². The van der Waals surface area contributed by atoms with Gasteiger partial charge >= 0.3 is 6.09 Å². The molecule has 7 heteroatoms. The Bertz CT molecular complexity index is 284. The molecule has 1 rings (SSSR count). The number of hydrogen-bond acceptors (Lipinski definition) is 3. The second-order valence-electron chi connectivity index (χ2n) is 4.97. The van der Waals surface area contributed by atoms with Crippen LogP contribution in [0.3, 0.4) is 0 Å². The second-order valence-corrected chi connectivity index (χ2v) is 4.97. The van der Waals surface area contributed by atoms with Gasteiger partial charge in [-0.1, -0.05) is 0 Å². The molecule has 0 saturated carbocycles. The quantitative estimate of drug-likeness (QED) is 0.604. The Morgan fingerprint density at radius 1 is 1.00 bits per heavy atom. The summed E-state index contributed by atoms with van der Waals surface area (Å²) in [6, 6.07) is 0. The SMILES string of the molecule is CC(=O)N1CCN(C(=O)OC(C)(C)C)CC1.O.[CH3-].[Y]. The zero-order valence-electron chi connectivity index (χ0n) is 12.5. The van der Waals surface area contributed by atoms with E-state index >= 15 is 0 Å². The van der Waals surface area contributed by atoms with Crippen LogP contribution in [-0.4, -0.2) is 59.1 Å². The minimum atomic E-state index is -0.463. The van der Waals surface area contributed by atoms with Crippen LogP contribution in [0.25, 0.3) is 0 Å². The Hall–Kier alpha value is -0.196. The van der Waals surface area contributed by atoms with E-state index in [1.165, 1.54) is 0 Å². The molecule has 1 saturated heterocycles. The van der Waals surface area contributed by atoms with Crippen molar-refractivity contribution < 1.29 is 52.5 Å². The van der Waals surface area contributed by atoms with Gasteiger partial charge in [0.1, 0.15) is 5.60 Å². The third-order valence-corrected chi connectivity index (χ3v) is 2.38.